The molecule has 106 valence electrons. The van der Waals surface area contributed by atoms with Gasteiger partial charge in [-0.25, -0.2) is 0 Å². The van der Waals surface area contributed by atoms with Crippen LogP contribution in [0, 0.1) is 0 Å². The summed E-state index contributed by atoms with van der Waals surface area (Å²) >= 11 is 0. The van der Waals surface area contributed by atoms with Crippen LogP contribution in [0.1, 0.15) is 44.6 Å². The predicted octanol–water partition coefficient (Wildman–Crippen LogP) is 3.31. The summed E-state index contributed by atoms with van der Waals surface area (Å²) in [6, 6.07) is 6.90. The maximum absolute atomic E-state index is 5.90. The van der Waals surface area contributed by atoms with Crippen LogP contribution in [-0.2, 0) is 6.54 Å². The van der Waals surface area contributed by atoms with E-state index in [1.807, 2.05) is 6.07 Å². The van der Waals surface area contributed by atoms with Crippen LogP contribution >= 0.6 is 0 Å². The zero-order valence-corrected chi connectivity index (χ0v) is 12.2. The smallest absolute Gasteiger partial charge is 0.120 e. The first-order valence-electron chi connectivity index (χ1n) is 7.43. The Bertz CT molecular complexity index is 400. The predicted molar refractivity (Wildman–Crippen MR) is 80.8 cm³/mol. The van der Waals surface area contributed by atoms with Crippen LogP contribution in [0.25, 0.3) is 0 Å². The first kappa shape index (κ1) is 14.2. The summed E-state index contributed by atoms with van der Waals surface area (Å²) in [5.41, 5.74) is 8.37. The highest BCUT2D eigenvalue weighted by Gasteiger charge is 2.22. The van der Waals surface area contributed by atoms with Gasteiger partial charge in [-0.05, 0) is 31.4 Å². The van der Waals surface area contributed by atoms with Gasteiger partial charge in [-0.2, -0.15) is 0 Å². The van der Waals surface area contributed by atoms with Crippen LogP contribution in [0.2, 0.25) is 0 Å². The SMILES string of the molecule is CCN(c1cc(OC)ccc1CN)C1CCCCC1. The Balaban J connectivity index is 2.29. The number of nitrogens with two attached hydrogens (primary N) is 1. The van der Waals surface area contributed by atoms with Crippen molar-refractivity contribution in [2.75, 3.05) is 18.6 Å². The zero-order chi connectivity index (χ0) is 13.7. The van der Waals surface area contributed by atoms with Crippen LogP contribution < -0.4 is 15.4 Å². The molecule has 2 rings (SSSR count). The molecular formula is C16H26N2O. The van der Waals surface area contributed by atoms with E-state index in [4.69, 9.17) is 10.5 Å². The molecule has 0 unspecified atom stereocenters. The minimum Gasteiger partial charge on any atom is -0.497 e. The third-order valence-corrected chi connectivity index (χ3v) is 4.18. The van der Waals surface area contributed by atoms with Gasteiger partial charge in [0.15, 0.2) is 0 Å². The van der Waals surface area contributed by atoms with Gasteiger partial charge in [0.1, 0.15) is 5.75 Å². The number of rotatable bonds is 5. The maximum atomic E-state index is 5.90. The molecule has 0 atom stereocenters. The van der Waals surface area contributed by atoms with Crippen molar-refractivity contribution >= 4 is 5.69 Å². The second-order valence-electron chi connectivity index (χ2n) is 5.28. The average molecular weight is 262 g/mol. The van der Waals surface area contributed by atoms with Gasteiger partial charge in [0.2, 0.25) is 0 Å². The Morgan fingerprint density at radius 3 is 2.58 bits per heavy atom. The summed E-state index contributed by atoms with van der Waals surface area (Å²) in [6.45, 7) is 3.85. The van der Waals surface area contributed by atoms with Crippen molar-refractivity contribution in [2.24, 2.45) is 5.73 Å². The molecule has 3 nitrogen and oxygen atoms in total. The molecule has 0 heterocycles. The quantitative estimate of drug-likeness (QED) is 0.884. The number of hydrogen-bond acceptors (Lipinski definition) is 3. The molecule has 0 amide bonds. The molecule has 1 saturated carbocycles. The van der Waals surface area contributed by atoms with E-state index in [9.17, 15) is 0 Å². The molecule has 0 radical (unpaired) electrons. The van der Waals surface area contributed by atoms with E-state index >= 15 is 0 Å². The maximum Gasteiger partial charge on any atom is 0.120 e. The topological polar surface area (TPSA) is 38.5 Å². The summed E-state index contributed by atoms with van der Waals surface area (Å²) in [4.78, 5) is 2.52. The molecule has 0 aliphatic heterocycles. The number of methoxy groups -OCH3 is 1. The molecule has 3 heteroatoms. The van der Waals surface area contributed by atoms with E-state index in [0.29, 0.717) is 12.6 Å². The fourth-order valence-electron chi connectivity index (χ4n) is 3.13. The van der Waals surface area contributed by atoms with Gasteiger partial charge >= 0.3 is 0 Å². The lowest BCUT2D eigenvalue weighted by molar-refractivity contribution is 0.409. The Morgan fingerprint density at radius 1 is 1.26 bits per heavy atom. The van der Waals surface area contributed by atoms with Gasteiger partial charge in [0.25, 0.3) is 0 Å². The standard InChI is InChI=1S/C16H26N2O/c1-3-18(14-7-5-4-6-8-14)16-11-15(19-2)10-9-13(16)12-17/h9-11,14H,3-8,12,17H2,1-2H3. The molecule has 19 heavy (non-hydrogen) atoms. The minimum atomic E-state index is 0.586. The van der Waals surface area contributed by atoms with Crippen molar-refractivity contribution in [3.05, 3.63) is 23.8 Å². The lowest BCUT2D eigenvalue weighted by Crippen LogP contribution is -2.37. The molecule has 1 fully saturated rings. The lowest BCUT2D eigenvalue weighted by Gasteiger charge is -2.36. The summed E-state index contributed by atoms with van der Waals surface area (Å²) in [6.07, 6.45) is 6.69. The molecule has 1 aromatic carbocycles. The van der Waals surface area contributed by atoms with Crippen LogP contribution in [0.5, 0.6) is 5.75 Å². The summed E-state index contributed by atoms with van der Waals surface area (Å²) in [5.74, 6) is 0.918. The Hall–Kier alpha value is -1.22. The summed E-state index contributed by atoms with van der Waals surface area (Å²) in [5, 5.41) is 0. The van der Waals surface area contributed by atoms with Crippen molar-refractivity contribution in [1.82, 2.24) is 0 Å². The Morgan fingerprint density at radius 2 is 2.00 bits per heavy atom. The second kappa shape index (κ2) is 6.80. The monoisotopic (exact) mass is 262 g/mol. The highest BCUT2D eigenvalue weighted by Crippen LogP contribution is 2.32. The third kappa shape index (κ3) is 3.21. The van der Waals surface area contributed by atoms with E-state index < -0.39 is 0 Å². The van der Waals surface area contributed by atoms with Crippen LogP contribution in [0.15, 0.2) is 18.2 Å². The minimum absolute atomic E-state index is 0.586. The van der Waals surface area contributed by atoms with Gasteiger partial charge < -0.3 is 15.4 Å². The highest BCUT2D eigenvalue weighted by atomic mass is 16.5. The molecule has 0 bridgehead atoms. The van der Waals surface area contributed by atoms with Crippen molar-refractivity contribution in [3.8, 4) is 5.75 Å². The zero-order valence-electron chi connectivity index (χ0n) is 12.2. The molecule has 0 spiro atoms. The number of ether oxygens (including phenoxy) is 1. The molecule has 1 aromatic rings. The molecule has 2 N–H and O–H groups in total. The van der Waals surface area contributed by atoms with Gasteiger partial charge in [0, 0.05) is 30.9 Å². The fraction of sp³-hybridized carbons (Fsp3) is 0.625. The van der Waals surface area contributed by atoms with Crippen molar-refractivity contribution in [1.29, 1.82) is 0 Å². The number of hydrogen-bond donors (Lipinski definition) is 1. The first-order chi connectivity index (χ1) is 9.30. The van der Waals surface area contributed by atoms with Gasteiger partial charge in [0.05, 0.1) is 7.11 Å². The largest absolute Gasteiger partial charge is 0.497 e. The van der Waals surface area contributed by atoms with E-state index in [1.165, 1.54) is 43.4 Å². The number of benzene rings is 1. The lowest BCUT2D eigenvalue weighted by atomic mass is 9.93. The van der Waals surface area contributed by atoms with Crippen LogP contribution in [0.3, 0.4) is 0 Å². The van der Waals surface area contributed by atoms with Crippen LogP contribution in [-0.4, -0.2) is 19.7 Å². The Labute approximate surface area is 116 Å². The summed E-state index contributed by atoms with van der Waals surface area (Å²) in [7, 11) is 1.72. The van der Waals surface area contributed by atoms with Crippen molar-refractivity contribution < 1.29 is 4.74 Å². The molecule has 1 aliphatic rings. The molecule has 0 aromatic heterocycles. The summed E-state index contributed by atoms with van der Waals surface area (Å²) < 4.78 is 5.37. The van der Waals surface area contributed by atoms with Gasteiger partial charge in [-0.3, -0.25) is 0 Å². The highest BCUT2D eigenvalue weighted by molar-refractivity contribution is 5.58. The molecular weight excluding hydrogens is 236 g/mol. The van der Waals surface area contributed by atoms with Crippen molar-refractivity contribution in [3.63, 3.8) is 0 Å². The first-order valence-corrected chi connectivity index (χ1v) is 7.43. The normalized spacial score (nSPS) is 16.4. The Kier molecular flexibility index (Phi) is 5.08. The van der Waals surface area contributed by atoms with E-state index in [1.54, 1.807) is 7.11 Å². The fourth-order valence-corrected chi connectivity index (χ4v) is 3.13. The van der Waals surface area contributed by atoms with E-state index in [-0.39, 0.29) is 0 Å². The second-order valence-corrected chi connectivity index (χ2v) is 5.28. The average Bonchev–Trinajstić information content (AvgIpc) is 2.49. The van der Waals surface area contributed by atoms with Crippen molar-refractivity contribution in [2.45, 2.75) is 51.6 Å². The molecule has 0 saturated heterocycles. The molecule has 1 aliphatic carbocycles. The van der Waals surface area contributed by atoms with E-state index in [0.717, 1.165) is 12.3 Å². The van der Waals surface area contributed by atoms with Gasteiger partial charge in [-0.15, -0.1) is 0 Å². The number of anilines is 1. The van der Waals surface area contributed by atoms with E-state index in [2.05, 4.69) is 24.0 Å². The number of nitrogens with zero attached hydrogens (tertiary/aromatic N) is 1. The third-order valence-electron chi connectivity index (χ3n) is 4.18. The van der Waals surface area contributed by atoms with Gasteiger partial charge in [-0.1, -0.05) is 25.3 Å². The van der Waals surface area contributed by atoms with Crippen LogP contribution in [0.4, 0.5) is 5.69 Å².